The summed E-state index contributed by atoms with van der Waals surface area (Å²) in [6, 6.07) is 16.9. The van der Waals surface area contributed by atoms with E-state index in [0.29, 0.717) is 26.4 Å². The predicted molar refractivity (Wildman–Crippen MR) is 102 cm³/mol. The summed E-state index contributed by atoms with van der Waals surface area (Å²) in [4.78, 5) is 17.0. The number of anilines is 2. The van der Waals surface area contributed by atoms with Crippen LogP contribution in [-0.4, -0.2) is 44.9 Å². The lowest BCUT2D eigenvalue weighted by Gasteiger charge is -2.32. The van der Waals surface area contributed by atoms with E-state index in [2.05, 4.69) is 58.7 Å². The SMILES string of the molecule is O=C(NCCCN1c2ccccc2Sc2ccccc21)C1COCCO1. The van der Waals surface area contributed by atoms with E-state index in [9.17, 15) is 4.79 Å². The van der Waals surface area contributed by atoms with Crippen molar-refractivity contribution < 1.29 is 14.3 Å². The third-order valence-corrected chi connectivity index (χ3v) is 5.63. The van der Waals surface area contributed by atoms with Crippen LogP contribution in [0.4, 0.5) is 11.4 Å². The summed E-state index contributed by atoms with van der Waals surface area (Å²) in [6.45, 7) is 2.85. The monoisotopic (exact) mass is 370 g/mol. The number of benzene rings is 2. The van der Waals surface area contributed by atoms with Gasteiger partial charge in [0.2, 0.25) is 0 Å². The van der Waals surface area contributed by atoms with Gasteiger partial charge in [-0.15, -0.1) is 0 Å². The zero-order valence-corrected chi connectivity index (χ0v) is 15.3. The van der Waals surface area contributed by atoms with Gasteiger partial charge in [-0.05, 0) is 30.7 Å². The van der Waals surface area contributed by atoms with Gasteiger partial charge in [0.1, 0.15) is 0 Å². The van der Waals surface area contributed by atoms with Gasteiger partial charge >= 0.3 is 0 Å². The first-order valence-electron chi connectivity index (χ1n) is 8.93. The number of carbonyl (C=O) groups is 1. The molecular formula is C20H22N2O3S. The molecule has 0 saturated carbocycles. The van der Waals surface area contributed by atoms with Crippen LogP contribution >= 0.6 is 11.8 Å². The van der Waals surface area contributed by atoms with Gasteiger partial charge in [-0.2, -0.15) is 0 Å². The molecule has 1 unspecified atom stereocenters. The standard InChI is InChI=1S/C20H22N2O3S/c23-20(17-14-24-12-13-25-17)21-10-5-11-22-15-6-1-3-8-18(15)26-19-9-4-2-7-16(19)22/h1-4,6-9,17H,5,10-14H2,(H,21,23). The average Bonchev–Trinajstić information content (AvgIpc) is 2.71. The molecule has 2 aliphatic heterocycles. The Labute approximate surface area is 157 Å². The molecule has 0 bridgehead atoms. The van der Waals surface area contributed by atoms with E-state index in [1.165, 1.54) is 21.2 Å². The molecular weight excluding hydrogens is 348 g/mol. The van der Waals surface area contributed by atoms with E-state index < -0.39 is 6.10 Å². The number of carbonyl (C=O) groups excluding carboxylic acids is 1. The van der Waals surface area contributed by atoms with Crippen molar-refractivity contribution in [2.45, 2.75) is 22.3 Å². The number of para-hydroxylation sites is 2. The van der Waals surface area contributed by atoms with Crippen LogP contribution in [0.25, 0.3) is 0 Å². The molecule has 6 heteroatoms. The zero-order chi connectivity index (χ0) is 17.8. The normalized spacial score (nSPS) is 18.8. The summed E-state index contributed by atoms with van der Waals surface area (Å²) in [5.41, 5.74) is 2.46. The quantitative estimate of drug-likeness (QED) is 0.819. The number of ether oxygens (including phenoxy) is 2. The molecule has 2 aliphatic rings. The molecule has 0 aromatic heterocycles. The summed E-state index contributed by atoms with van der Waals surface area (Å²) in [6.07, 6.45) is 0.378. The Bertz CT molecular complexity index is 732. The second-order valence-corrected chi connectivity index (χ2v) is 7.35. The molecule has 1 N–H and O–H groups in total. The maximum atomic E-state index is 12.1. The number of amides is 1. The fourth-order valence-corrected chi connectivity index (χ4v) is 4.32. The molecule has 1 saturated heterocycles. The first-order valence-corrected chi connectivity index (χ1v) is 9.75. The minimum Gasteiger partial charge on any atom is -0.376 e. The van der Waals surface area contributed by atoms with Crippen LogP contribution in [0.2, 0.25) is 0 Å². The fraction of sp³-hybridized carbons (Fsp3) is 0.350. The van der Waals surface area contributed by atoms with Crippen molar-refractivity contribution in [3.63, 3.8) is 0 Å². The van der Waals surface area contributed by atoms with Crippen molar-refractivity contribution >= 4 is 29.0 Å². The van der Waals surface area contributed by atoms with Crippen molar-refractivity contribution in [3.05, 3.63) is 48.5 Å². The Kier molecular flexibility index (Phi) is 5.43. The van der Waals surface area contributed by atoms with E-state index in [4.69, 9.17) is 9.47 Å². The van der Waals surface area contributed by atoms with Gasteiger partial charge < -0.3 is 19.7 Å². The molecule has 2 aromatic rings. The molecule has 1 amide bonds. The van der Waals surface area contributed by atoms with E-state index in [1.54, 1.807) is 0 Å². The highest BCUT2D eigenvalue weighted by Gasteiger charge is 2.24. The fourth-order valence-electron chi connectivity index (χ4n) is 3.22. The Morgan fingerprint density at radius 1 is 1.08 bits per heavy atom. The first kappa shape index (κ1) is 17.4. The highest BCUT2D eigenvalue weighted by molar-refractivity contribution is 7.99. The maximum Gasteiger partial charge on any atom is 0.251 e. The van der Waals surface area contributed by atoms with Gasteiger partial charge in [-0.3, -0.25) is 4.79 Å². The highest BCUT2D eigenvalue weighted by Crippen LogP contribution is 2.47. The van der Waals surface area contributed by atoms with Crippen molar-refractivity contribution in [3.8, 4) is 0 Å². The summed E-state index contributed by atoms with van der Waals surface area (Å²) < 4.78 is 10.7. The lowest BCUT2D eigenvalue weighted by molar-refractivity contribution is -0.147. The predicted octanol–water partition coefficient (Wildman–Crippen LogP) is 3.21. The lowest BCUT2D eigenvalue weighted by Crippen LogP contribution is -2.43. The van der Waals surface area contributed by atoms with Crippen LogP contribution in [0.5, 0.6) is 0 Å². The molecule has 0 spiro atoms. The maximum absolute atomic E-state index is 12.1. The van der Waals surface area contributed by atoms with Crippen molar-refractivity contribution in [1.82, 2.24) is 5.32 Å². The Hall–Kier alpha value is -2.02. The van der Waals surface area contributed by atoms with Crippen LogP contribution in [0.3, 0.4) is 0 Å². The number of fused-ring (bicyclic) bond motifs is 2. The van der Waals surface area contributed by atoms with Gasteiger partial charge in [-0.1, -0.05) is 36.0 Å². The number of hydrogen-bond donors (Lipinski definition) is 1. The molecule has 0 aliphatic carbocycles. The van der Waals surface area contributed by atoms with Crippen LogP contribution in [0.1, 0.15) is 6.42 Å². The average molecular weight is 370 g/mol. The minimum atomic E-state index is -0.475. The summed E-state index contributed by atoms with van der Waals surface area (Å²) in [5, 5.41) is 2.96. The Morgan fingerprint density at radius 2 is 1.77 bits per heavy atom. The molecule has 2 heterocycles. The van der Waals surface area contributed by atoms with E-state index in [1.807, 2.05) is 11.8 Å². The Balaban J connectivity index is 1.38. The van der Waals surface area contributed by atoms with Crippen molar-refractivity contribution in [1.29, 1.82) is 0 Å². The number of hydrogen-bond acceptors (Lipinski definition) is 5. The molecule has 4 rings (SSSR count). The third kappa shape index (κ3) is 3.72. The molecule has 26 heavy (non-hydrogen) atoms. The molecule has 1 atom stereocenters. The van der Waals surface area contributed by atoms with Crippen LogP contribution in [-0.2, 0) is 14.3 Å². The van der Waals surface area contributed by atoms with Gasteiger partial charge in [0, 0.05) is 22.9 Å². The second-order valence-electron chi connectivity index (χ2n) is 6.27. The van der Waals surface area contributed by atoms with Gasteiger partial charge in [0.05, 0.1) is 31.2 Å². The van der Waals surface area contributed by atoms with Gasteiger partial charge in [0.15, 0.2) is 6.10 Å². The summed E-state index contributed by atoms with van der Waals surface area (Å²) in [5.74, 6) is -0.0836. The smallest absolute Gasteiger partial charge is 0.251 e. The lowest BCUT2D eigenvalue weighted by atomic mass is 10.2. The molecule has 136 valence electrons. The van der Waals surface area contributed by atoms with Crippen molar-refractivity contribution in [2.75, 3.05) is 37.8 Å². The molecule has 0 radical (unpaired) electrons. The van der Waals surface area contributed by atoms with Crippen LogP contribution in [0, 0.1) is 0 Å². The molecule has 2 aromatic carbocycles. The number of nitrogens with one attached hydrogen (secondary N) is 1. The summed E-state index contributed by atoms with van der Waals surface area (Å²) in [7, 11) is 0. The largest absolute Gasteiger partial charge is 0.376 e. The van der Waals surface area contributed by atoms with E-state index in [-0.39, 0.29) is 5.91 Å². The number of nitrogens with zero attached hydrogens (tertiary/aromatic N) is 1. The third-order valence-electron chi connectivity index (χ3n) is 4.50. The topological polar surface area (TPSA) is 50.8 Å². The van der Waals surface area contributed by atoms with Gasteiger partial charge in [-0.25, -0.2) is 0 Å². The second kappa shape index (κ2) is 8.12. The van der Waals surface area contributed by atoms with E-state index >= 15 is 0 Å². The number of rotatable bonds is 5. The van der Waals surface area contributed by atoms with Crippen molar-refractivity contribution in [2.24, 2.45) is 0 Å². The zero-order valence-electron chi connectivity index (χ0n) is 14.5. The molecule has 1 fully saturated rings. The van der Waals surface area contributed by atoms with E-state index in [0.717, 1.165) is 13.0 Å². The minimum absolute atomic E-state index is 0.0836. The first-order chi connectivity index (χ1) is 12.8. The summed E-state index contributed by atoms with van der Waals surface area (Å²) >= 11 is 1.81. The highest BCUT2D eigenvalue weighted by atomic mass is 32.2. The van der Waals surface area contributed by atoms with Crippen LogP contribution in [0.15, 0.2) is 58.3 Å². The Morgan fingerprint density at radius 3 is 2.42 bits per heavy atom. The van der Waals surface area contributed by atoms with Crippen LogP contribution < -0.4 is 10.2 Å². The molecule has 5 nitrogen and oxygen atoms in total. The van der Waals surface area contributed by atoms with Gasteiger partial charge in [0.25, 0.3) is 5.91 Å².